The van der Waals surface area contributed by atoms with Gasteiger partial charge in [0.1, 0.15) is 5.82 Å². The summed E-state index contributed by atoms with van der Waals surface area (Å²) >= 11 is 5.42. The van der Waals surface area contributed by atoms with Gasteiger partial charge in [-0.2, -0.15) is 0 Å². The summed E-state index contributed by atoms with van der Waals surface area (Å²) in [5.74, 6) is 2.14. The Morgan fingerprint density at radius 3 is 2.83 bits per heavy atom. The van der Waals surface area contributed by atoms with Gasteiger partial charge in [0.25, 0.3) is 0 Å². The number of nitrogens with zero attached hydrogens (tertiary/aromatic N) is 3. The van der Waals surface area contributed by atoms with Gasteiger partial charge in [-0.1, -0.05) is 6.08 Å². The molecule has 0 aliphatic carbocycles. The van der Waals surface area contributed by atoms with E-state index in [1.165, 1.54) is 0 Å². The van der Waals surface area contributed by atoms with Crippen molar-refractivity contribution in [3.8, 4) is 0 Å². The van der Waals surface area contributed by atoms with Gasteiger partial charge in [-0.3, -0.25) is 0 Å². The molecule has 8 heteroatoms. The Morgan fingerprint density at radius 1 is 1.21 bits per heavy atom. The summed E-state index contributed by atoms with van der Waals surface area (Å²) in [4.78, 5) is 11.0. The minimum Gasteiger partial charge on any atom is -0.461 e. The second-order valence-corrected chi connectivity index (χ2v) is 7.20. The van der Waals surface area contributed by atoms with Gasteiger partial charge in [0.2, 0.25) is 6.23 Å². The number of thiocarbonyl (C=S) groups is 1. The molecular formula is C21H22N6OS. The van der Waals surface area contributed by atoms with Crippen molar-refractivity contribution < 1.29 is 4.74 Å². The molecule has 2 aliphatic rings. The lowest BCUT2D eigenvalue weighted by Gasteiger charge is -2.15. The van der Waals surface area contributed by atoms with Crippen LogP contribution in [0.15, 0.2) is 71.7 Å². The van der Waals surface area contributed by atoms with Crippen LogP contribution in [-0.4, -0.2) is 30.0 Å². The summed E-state index contributed by atoms with van der Waals surface area (Å²) in [5, 5.41) is 9.89. The van der Waals surface area contributed by atoms with Crippen LogP contribution in [0.2, 0.25) is 0 Å². The SMILES string of the molecule is CN(C)c1ccc(NC(=S)Nc2cc(C3N=C4NC=CCC=C4O3)ccn2)cc1. The standard InChI is InChI=1S/C21H22N6OS/c1-27(2)16-8-6-15(7-9-16)24-21(29)25-18-13-14(10-12-22-18)20-26-19-17(28-20)5-3-4-11-23-19/h4-13,20H,3H2,1-2H3,(H,23,26)(H2,22,24,25,29). The number of benzene rings is 1. The Hall–Kier alpha value is -3.39. The van der Waals surface area contributed by atoms with Crippen LogP contribution in [0.3, 0.4) is 0 Å². The third-order valence-corrected chi connectivity index (χ3v) is 4.65. The first-order valence-corrected chi connectivity index (χ1v) is 9.67. The van der Waals surface area contributed by atoms with E-state index in [-0.39, 0.29) is 0 Å². The van der Waals surface area contributed by atoms with Crippen molar-refractivity contribution in [2.45, 2.75) is 12.6 Å². The Bertz CT molecular complexity index is 996. The summed E-state index contributed by atoms with van der Waals surface area (Å²) in [6, 6.07) is 11.8. The highest BCUT2D eigenvalue weighted by Crippen LogP contribution is 2.30. The van der Waals surface area contributed by atoms with E-state index >= 15 is 0 Å². The number of nitrogens with one attached hydrogen (secondary N) is 3. The number of allylic oxidation sites excluding steroid dienone is 2. The quantitative estimate of drug-likeness (QED) is 0.668. The van der Waals surface area contributed by atoms with E-state index in [0.29, 0.717) is 10.9 Å². The maximum absolute atomic E-state index is 5.96. The zero-order valence-corrected chi connectivity index (χ0v) is 17.0. The number of fused-ring (bicyclic) bond motifs is 1. The molecule has 0 radical (unpaired) electrons. The summed E-state index contributed by atoms with van der Waals surface area (Å²) in [5.41, 5.74) is 2.92. The molecule has 1 aromatic carbocycles. The lowest BCUT2D eigenvalue weighted by Crippen LogP contribution is -2.20. The number of pyridine rings is 1. The van der Waals surface area contributed by atoms with Crippen molar-refractivity contribution in [1.82, 2.24) is 10.3 Å². The Labute approximate surface area is 175 Å². The van der Waals surface area contributed by atoms with Gasteiger partial charge in [0, 0.05) is 37.2 Å². The van der Waals surface area contributed by atoms with Crippen molar-refractivity contribution in [3.63, 3.8) is 0 Å². The van der Waals surface area contributed by atoms with Crippen LogP contribution in [0.4, 0.5) is 17.2 Å². The van der Waals surface area contributed by atoms with Gasteiger partial charge in [0.05, 0.1) is 0 Å². The molecule has 29 heavy (non-hydrogen) atoms. The highest BCUT2D eigenvalue weighted by atomic mass is 32.1. The zero-order chi connectivity index (χ0) is 20.2. The molecule has 1 unspecified atom stereocenters. The predicted molar refractivity (Wildman–Crippen MR) is 121 cm³/mol. The highest BCUT2D eigenvalue weighted by molar-refractivity contribution is 7.80. The first-order valence-electron chi connectivity index (χ1n) is 9.26. The second kappa shape index (κ2) is 8.32. The van der Waals surface area contributed by atoms with Crippen LogP contribution in [0.1, 0.15) is 18.2 Å². The van der Waals surface area contributed by atoms with Crippen molar-refractivity contribution >= 4 is 40.4 Å². The summed E-state index contributed by atoms with van der Waals surface area (Å²) < 4.78 is 5.96. The predicted octanol–water partition coefficient (Wildman–Crippen LogP) is 3.77. The van der Waals surface area contributed by atoms with Crippen molar-refractivity contribution in [2.75, 3.05) is 29.6 Å². The molecule has 0 amide bonds. The molecule has 0 saturated carbocycles. The molecule has 4 rings (SSSR count). The number of rotatable bonds is 4. The minimum atomic E-state index is -0.404. The van der Waals surface area contributed by atoms with E-state index in [2.05, 4.69) is 25.9 Å². The van der Waals surface area contributed by atoms with Crippen molar-refractivity contribution in [2.24, 2.45) is 4.99 Å². The molecule has 3 N–H and O–H groups in total. The minimum absolute atomic E-state index is 0.404. The maximum Gasteiger partial charge on any atom is 0.218 e. The monoisotopic (exact) mass is 406 g/mol. The van der Waals surface area contributed by atoms with Crippen LogP contribution < -0.4 is 20.9 Å². The topological polar surface area (TPSA) is 73.8 Å². The van der Waals surface area contributed by atoms with Crippen LogP contribution in [0.25, 0.3) is 0 Å². The first kappa shape index (κ1) is 18.9. The molecule has 7 nitrogen and oxygen atoms in total. The van der Waals surface area contributed by atoms with E-state index in [0.717, 1.165) is 35.0 Å². The van der Waals surface area contributed by atoms with E-state index < -0.39 is 6.23 Å². The molecule has 0 bridgehead atoms. The number of hydrogen-bond acceptors (Lipinski definition) is 6. The number of aromatic nitrogens is 1. The van der Waals surface area contributed by atoms with Gasteiger partial charge in [-0.15, -0.1) is 0 Å². The normalized spacial score (nSPS) is 17.1. The van der Waals surface area contributed by atoms with Crippen molar-refractivity contribution in [1.29, 1.82) is 0 Å². The average molecular weight is 407 g/mol. The highest BCUT2D eigenvalue weighted by Gasteiger charge is 2.25. The van der Waals surface area contributed by atoms with Gasteiger partial charge in [-0.25, -0.2) is 9.98 Å². The molecule has 1 atom stereocenters. The molecule has 1 aromatic heterocycles. The second-order valence-electron chi connectivity index (χ2n) is 6.79. The molecule has 2 aromatic rings. The van der Waals surface area contributed by atoms with Gasteiger partial charge in [-0.05, 0) is 67.3 Å². The number of ether oxygens (including phenoxy) is 1. The lowest BCUT2D eigenvalue weighted by atomic mass is 10.2. The molecule has 0 fully saturated rings. The van der Waals surface area contributed by atoms with Gasteiger partial charge in [0.15, 0.2) is 16.7 Å². The van der Waals surface area contributed by atoms with E-state index in [1.807, 2.05) is 73.7 Å². The molecule has 148 valence electrons. The third kappa shape index (κ3) is 4.55. The molecular weight excluding hydrogens is 384 g/mol. The summed E-state index contributed by atoms with van der Waals surface area (Å²) in [6.07, 6.45) is 8.03. The van der Waals surface area contributed by atoms with Crippen LogP contribution >= 0.6 is 12.2 Å². The fourth-order valence-electron chi connectivity index (χ4n) is 2.95. The Morgan fingerprint density at radius 2 is 2.03 bits per heavy atom. The number of anilines is 3. The Balaban J connectivity index is 1.41. The van der Waals surface area contributed by atoms with Crippen LogP contribution in [-0.2, 0) is 4.74 Å². The molecule has 3 heterocycles. The van der Waals surface area contributed by atoms with Gasteiger partial charge < -0.3 is 25.6 Å². The largest absolute Gasteiger partial charge is 0.461 e. The van der Waals surface area contributed by atoms with Gasteiger partial charge >= 0.3 is 0 Å². The number of hydrogen-bond donors (Lipinski definition) is 3. The number of amidine groups is 1. The molecule has 2 aliphatic heterocycles. The van der Waals surface area contributed by atoms with E-state index in [4.69, 9.17) is 17.0 Å². The molecule has 0 spiro atoms. The summed E-state index contributed by atoms with van der Waals surface area (Å²) in [6.45, 7) is 0. The van der Waals surface area contributed by atoms with Crippen LogP contribution in [0, 0.1) is 0 Å². The van der Waals surface area contributed by atoms with E-state index in [1.54, 1.807) is 6.20 Å². The van der Waals surface area contributed by atoms with E-state index in [9.17, 15) is 0 Å². The Kier molecular flexibility index (Phi) is 5.44. The average Bonchev–Trinajstić information content (AvgIpc) is 2.99. The maximum atomic E-state index is 5.96. The fraction of sp³-hybridized carbons (Fsp3) is 0.190. The zero-order valence-electron chi connectivity index (χ0n) is 16.2. The smallest absolute Gasteiger partial charge is 0.218 e. The summed E-state index contributed by atoms with van der Waals surface area (Å²) in [7, 11) is 4.01. The molecule has 0 saturated heterocycles. The first-order chi connectivity index (χ1) is 14.1. The number of aliphatic imine (C=N–C) groups is 1. The van der Waals surface area contributed by atoms with Crippen LogP contribution in [0.5, 0.6) is 0 Å². The third-order valence-electron chi connectivity index (χ3n) is 4.45. The van der Waals surface area contributed by atoms with Crippen molar-refractivity contribution in [3.05, 3.63) is 72.3 Å². The fourth-order valence-corrected chi connectivity index (χ4v) is 3.17. The lowest BCUT2D eigenvalue weighted by molar-refractivity contribution is 0.158.